The third-order valence-electron chi connectivity index (χ3n) is 2.50. The molecular formula is C15H19NO2S. The molecule has 102 valence electrons. The Hall–Kier alpha value is -1.68. The smallest absolute Gasteiger partial charge is 0.333 e. The summed E-state index contributed by atoms with van der Waals surface area (Å²) in [5.41, 5.74) is 2.23. The van der Waals surface area contributed by atoms with Gasteiger partial charge < -0.3 is 4.74 Å². The number of thiazole rings is 1. The minimum Gasteiger partial charge on any atom is -0.454 e. The van der Waals surface area contributed by atoms with Crippen molar-refractivity contribution < 1.29 is 9.53 Å². The molecule has 0 N–H and O–H groups in total. The van der Waals surface area contributed by atoms with E-state index in [9.17, 15) is 4.79 Å². The highest BCUT2D eigenvalue weighted by atomic mass is 32.1. The summed E-state index contributed by atoms with van der Waals surface area (Å²) in [4.78, 5) is 16.0. The van der Waals surface area contributed by atoms with E-state index in [0.717, 1.165) is 16.3 Å². The second-order valence-corrected chi connectivity index (χ2v) is 5.44. The van der Waals surface area contributed by atoms with Crippen LogP contribution < -0.4 is 0 Å². The van der Waals surface area contributed by atoms with Crippen LogP contribution in [0.2, 0.25) is 0 Å². The topological polar surface area (TPSA) is 39.2 Å². The molecule has 4 heteroatoms. The van der Waals surface area contributed by atoms with Crippen LogP contribution in [0.1, 0.15) is 31.0 Å². The number of nitrogens with zero attached hydrogens (tertiary/aromatic N) is 1. The van der Waals surface area contributed by atoms with Crippen molar-refractivity contribution >= 4 is 23.4 Å². The van der Waals surface area contributed by atoms with Crippen LogP contribution >= 0.6 is 11.3 Å². The van der Waals surface area contributed by atoms with Crippen LogP contribution in [0.5, 0.6) is 0 Å². The van der Waals surface area contributed by atoms with Gasteiger partial charge in [0.2, 0.25) is 0 Å². The van der Waals surface area contributed by atoms with E-state index in [2.05, 4.69) is 18.1 Å². The summed E-state index contributed by atoms with van der Waals surface area (Å²) < 4.78 is 5.39. The number of carbonyl (C=O) groups is 1. The highest BCUT2D eigenvalue weighted by molar-refractivity contribution is 7.09. The summed E-state index contributed by atoms with van der Waals surface area (Å²) in [5.74, 6) is -0.381. The van der Waals surface area contributed by atoms with Gasteiger partial charge in [-0.25, -0.2) is 9.78 Å². The van der Waals surface area contributed by atoms with Gasteiger partial charge in [0, 0.05) is 17.4 Å². The third kappa shape index (κ3) is 4.83. The first-order valence-corrected chi connectivity index (χ1v) is 6.89. The molecule has 0 bridgehead atoms. The van der Waals surface area contributed by atoms with E-state index in [1.165, 1.54) is 0 Å². The fourth-order valence-corrected chi connectivity index (χ4v) is 2.05. The molecule has 0 amide bonds. The van der Waals surface area contributed by atoms with Crippen LogP contribution in [-0.4, -0.2) is 17.1 Å². The lowest BCUT2D eigenvalue weighted by Crippen LogP contribution is -2.19. The van der Waals surface area contributed by atoms with E-state index >= 15 is 0 Å². The minimum absolute atomic E-state index is 0.316. The van der Waals surface area contributed by atoms with Gasteiger partial charge in [-0.15, -0.1) is 17.9 Å². The van der Waals surface area contributed by atoms with Gasteiger partial charge >= 0.3 is 5.97 Å². The summed E-state index contributed by atoms with van der Waals surface area (Å²) in [7, 11) is 0. The molecule has 3 nitrogen and oxygen atoms in total. The average molecular weight is 277 g/mol. The van der Waals surface area contributed by atoms with Gasteiger partial charge in [0.05, 0.1) is 10.7 Å². The molecule has 1 aromatic rings. The second-order valence-electron chi connectivity index (χ2n) is 4.38. The van der Waals surface area contributed by atoms with Crippen LogP contribution in [0.15, 0.2) is 35.8 Å². The number of hydrogen-bond acceptors (Lipinski definition) is 4. The van der Waals surface area contributed by atoms with E-state index < -0.39 is 0 Å². The summed E-state index contributed by atoms with van der Waals surface area (Å²) >= 11 is 1.59. The Balaban J connectivity index is 2.85. The van der Waals surface area contributed by atoms with Crippen molar-refractivity contribution in [1.29, 1.82) is 0 Å². The van der Waals surface area contributed by atoms with Crippen LogP contribution in [0.25, 0.3) is 6.08 Å². The molecule has 0 aliphatic carbocycles. The quantitative estimate of drug-likeness (QED) is 0.449. The highest BCUT2D eigenvalue weighted by Gasteiger charge is 2.15. The minimum atomic E-state index is -0.381. The molecule has 0 saturated carbocycles. The molecule has 1 heterocycles. The zero-order valence-electron chi connectivity index (χ0n) is 11.6. The van der Waals surface area contributed by atoms with Crippen molar-refractivity contribution in [3.8, 4) is 0 Å². The molecule has 0 saturated heterocycles. The first-order chi connectivity index (χ1) is 8.93. The highest BCUT2D eigenvalue weighted by Crippen LogP contribution is 2.18. The summed E-state index contributed by atoms with van der Waals surface area (Å²) in [5, 5.41) is 2.99. The summed E-state index contributed by atoms with van der Waals surface area (Å²) in [6.07, 6.45) is 3.93. The van der Waals surface area contributed by atoms with Crippen LogP contribution in [0, 0.1) is 6.92 Å². The van der Waals surface area contributed by atoms with Gasteiger partial charge in [-0.1, -0.05) is 12.7 Å². The lowest BCUT2D eigenvalue weighted by Gasteiger charge is -2.17. The Morgan fingerprint density at radius 2 is 2.26 bits per heavy atom. The SMILES string of the molecule is C=CC[C@H](OC(=O)C(=C)C)/C(C)=C/c1csc(C)n1. The van der Waals surface area contributed by atoms with Crippen molar-refractivity contribution in [2.45, 2.75) is 33.3 Å². The molecule has 1 rings (SSSR count). The van der Waals surface area contributed by atoms with Crippen molar-refractivity contribution in [2.75, 3.05) is 0 Å². The predicted molar refractivity (Wildman–Crippen MR) is 80.0 cm³/mol. The van der Waals surface area contributed by atoms with Gasteiger partial charge in [0.15, 0.2) is 0 Å². The Morgan fingerprint density at radius 3 is 2.74 bits per heavy atom. The maximum Gasteiger partial charge on any atom is 0.333 e. The van der Waals surface area contributed by atoms with E-state index in [-0.39, 0.29) is 12.1 Å². The second kappa shape index (κ2) is 7.04. The summed E-state index contributed by atoms with van der Waals surface area (Å²) in [6, 6.07) is 0. The lowest BCUT2D eigenvalue weighted by atomic mass is 10.1. The first-order valence-electron chi connectivity index (χ1n) is 6.01. The number of aromatic nitrogens is 1. The monoisotopic (exact) mass is 277 g/mol. The molecular weight excluding hydrogens is 258 g/mol. The fraction of sp³-hybridized carbons (Fsp3) is 0.333. The molecule has 0 spiro atoms. The zero-order chi connectivity index (χ0) is 14.4. The molecule has 0 fully saturated rings. The van der Waals surface area contributed by atoms with Gasteiger partial charge in [-0.05, 0) is 32.4 Å². The fourth-order valence-electron chi connectivity index (χ4n) is 1.48. The Labute approximate surface area is 118 Å². The molecule has 1 aromatic heterocycles. The van der Waals surface area contributed by atoms with E-state index in [1.807, 2.05) is 25.3 Å². The number of hydrogen-bond donors (Lipinski definition) is 0. The van der Waals surface area contributed by atoms with Crippen molar-refractivity contribution in [3.63, 3.8) is 0 Å². The van der Waals surface area contributed by atoms with Gasteiger partial charge in [-0.2, -0.15) is 0 Å². The largest absolute Gasteiger partial charge is 0.454 e. The van der Waals surface area contributed by atoms with Gasteiger partial charge in [0.1, 0.15) is 6.10 Å². The van der Waals surface area contributed by atoms with Crippen LogP contribution in [0.4, 0.5) is 0 Å². The van der Waals surface area contributed by atoms with Crippen molar-refractivity contribution in [1.82, 2.24) is 4.98 Å². The van der Waals surface area contributed by atoms with Crippen molar-refractivity contribution in [3.05, 3.63) is 46.5 Å². The molecule has 1 atom stereocenters. The average Bonchev–Trinajstić information content (AvgIpc) is 2.73. The van der Waals surface area contributed by atoms with Crippen LogP contribution in [0.3, 0.4) is 0 Å². The van der Waals surface area contributed by atoms with Crippen molar-refractivity contribution in [2.24, 2.45) is 0 Å². The third-order valence-corrected chi connectivity index (χ3v) is 3.29. The number of carbonyl (C=O) groups excluding carboxylic acids is 1. The zero-order valence-corrected chi connectivity index (χ0v) is 12.4. The molecule has 0 radical (unpaired) electrons. The summed E-state index contributed by atoms with van der Waals surface area (Å²) in [6.45, 7) is 12.8. The van der Waals surface area contributed by atoms with Crippen LogP contribution in [-0.2, 0) is 9.53 Å². The first kappa shape index (κ1) is 15.4. The maximum absolute atomic E-state index is 11.6. The normalized spacial score (nSPS) is 12.9. The predicted octanol–water partition coefficient (Wildman–Crippen LogP) is 3.92. The van der Waals surface area contributed by atoms with E-state index in [1.54, 1.807) is 24.3 Å². The Morgan fingerprint density at radius 1 is 1.58 bits per heavy atom. The molecule has 0 aromatic carbocycles. The Kier molecular flexibility index (Phi) is 5.70. The lowest BCUT2D eigenvalue weighted by molar-refractivity contribution is -0.142. The maximum atomic E-state index is 11.6. The molecule has 19 heavy (non-hydrogen) atoms. The molecule has 0 aliphatic rings. The number of ether oxygens (including phenoxy) is 1. The standard InChI is InChI=1S/C15H19NO2S/c1-6-7-14(18-15(17)10(2)3)11(4)8-13-9-19-12(5)16-13/h6,8-9,14H,1-2,7H2,3-5H3/b11-8+/t14-/m0/s1. The molecule has 0 aliphatic heterocycles. The van der Waals surface area contributed by atoms with Gasteiger partial charge in [0.25, 0.3) is 0 Å². The Bertz CT molecular complexity index is 514. The van der Waals surface area contributed by atoms with E-state index in [0.29, 0.717) is 12.0 Å². The number of esters is 1. The number of aryl methyl sites for hydroxylation is 1. The van der Waals surface area contributed by atoms with E-state index in [4.69, 9.17) is 4.74 Å². The van der Waals surface area contributed by atoms with Gasteiger partial charge in [-0.3, -0.25) is 0 Å². The number of rotatable bonds is 6. The molecule has 0 unspecified atom stereocenters.